The Labute approximate surface area is 72.2 Å². The number of allylic oxidation sites excluding steroid dienone is 4. The predicted octanol–water partition coefficient (Wildman–Crippen LogP) is 2.10. The largest absolute Gasteiger partial charge is 0.295 e. The number of hydrogen-bond acceptors (Lipinski definition) is 1. The quantitative estimate of drug-likeness (QED) is 0.496. The summed E-state index contributed by atoms with van der Waals surface area (Å²) in [7, 11) is 0. The number of ketones is 1. The molecule has 1 fully saturated rings. The number of carbonyl (C=O) groups is 1. The summed E-state index contributed by atoms with van der Waals surface area (Å²) < 4.78 is 0. The van der Waals surface area contributed by atoms with Crippen LogP contribution in [0.3, 0.4) is 0 Å². The van der Waals surface area contributed by atoms with Crippen molar-refractivity contribution in [1.29, 1.82) is 0 Å². The summed E-state index contributed by atoms with van der Waals surface area (Å²) >= 11 is 0. The fourth-order valence-electron chi connectivity index (χ4n) is 2.98. The van der Waals surface area contributed by atoms with Gasteiger partial charge in [0.1, 0.15) is 0 Å². The summed E-state index contributed by atoms with van der Waals surface area (Å²) in [5, 5.41) is 0. The first-order valence-corrected chi connectivity index (χ1v) is 4.77. The van der Waals surface area contributed by atoms with Crippen molar-refractivity contribution in [2.45, 2.75) is 19.3 Å². The van der Waals surface area contributed by atoms with Crippen LogP contribution in [0.4, 0.5) is 0 Å². The molecule has 3 aliphatic rings. The molecule has 0 amide bonds. The van der Waals surface area contributed by atoms with E-state index in [-0.39, 0.29) is 0 Å². The van der Waals surface area contributed by atoms with Crippen molar-refractivity contribution in [2.75, 3.05) is 0 Å². The van der Waals surface area contributed by atoms with E-state index in [9.17, 15) is 4.79 Å². The number of carbonyl (C=O) groups excluding carboxylic acids is 1. The van der Waals surface area contributed by atoms with Gasteiger partial charge in [-0.05, 0) is 37.2 Å². The van der Waals surface area contributed by atoms with Crippen molar-refractivity contribution in [3.63, 3.8) is 0 Å². The monoisotopic (exact) mass is 160 g/mol. The summed E-state index contributed by atoms with van der Waals surface area (Å²) in [6, 6.07) is 0. The van der Waals surface area contributed by atoms with E-state index in [0.29, 0.717) is 17.6 Å². The van der Waals surface area contributed by atoms with Crippen LogP contribution < -0.4 is 0 Å². The molecular formula is C11H12O. The summed E-state index contributed by atoms with van der Waals surface area (Å²) in [4.78, 5) is 11.5. The Balaban J connectivity index is 2.03. The highest BCUT2D eigenvalue weighted by Crippen LogP contribution is 2.52. The molecule has 0 aromatic carbocycles. The van der Waals surface area contributed by atoms with Gasteiger partial charge in [-0.2, -0.15) is 0 Å². The maximum atomic E-state index is 11.5. The smallest absolute Gasteiger partial charge is 0.159 e. The highest BCUT2D eigenvalue weighted by atomic mass is 16.1. The molecule has 0 heterocycles. The molecular weight excluding hydrogens is 148 g/mol. The second kappa shape index (κ2) is 2.09. The molecule has 12 heavy (non-hydrogen) atoms. The first-order chi connectivity index (χ1) is 5.86. The summed E-state index contributed by atoms with van der Waals surface area (Å²) in [6.07, 6.45) is 9.61. The van der Waals surface area contributed by atoms with Gasteiger partial charge in [0.2, 0.25) is 0 Å². The molecule has 3 atom stereocenters. The molecule has 3 aliphatic carbocycles. The van der Waals surface area contributed by atoms with Crippen LogP contribution in [-0.2, 0) is 4.79 Å². The van der Waals surface area contributed by atoms with Gasteiger partial charge in [0.05, 0.1) is 0 Å². The maximum Gasteiger partial charge on any atom is 0.159 e. The van der Waals surface area contributed by atoms with Gasteiger partial charge in [0.25, 0.3) is 0 Å². The van der Waals surface area contributed by atoms with E-state index in [1.54, 1.807) is 6.08 Å². The van der Waals surface area contributed by atoms with E-state index in [4.69, 9.17) is 0 Å². The van der Waals surface area contributed by atoms with Gasteiger partial charge in [-0.1, -0.05) is 17.7 Å². The fourth-order valence-corrected chi connectivity index (χ4v) is 2.98. The molecule has 0 radical (unpaired) electrons. The Morgan fingerprint density at radius 2 is 2.25 bits per heavy atom. The van der Waals surface area contributed by atoms with Gasteiger partial charge in [0, 0.05) is 5.92 Å². The second-order valence-corrected chi connectivity index (χ2v) is 4.12. The van der Waals surface area contributed by atoms with Crippen molar-refractivity contribution >= 4 is 5.78 Å². The third-order valence-corrected chi connectivity index (χ3v) is 3.56. The second-order valence-electron chi connectivity index (χ2n) is 4.12. The molecule has 1 heteroatoms. The van der Waals surface area contributed by atoms with Crippen LogP contribution in [0.1, 0.15) is 19.3 Å². The molecule has 0 N–H and O–H groups in total. The molecule has 3 rings (SSSR count). The molecule has 1 nitrogen and oxygen atoms in total. The highest BCUT2D eigenvalue weighted by Gasteiger charge is 2.45. The summed E-state index contributed by atoms with van der Waals surface area (Å²) in [6.45, 7) is 0. The molecule has 0 spiro atoms. The topological polar surface area (TPSA) is 17.1 Å². The zero-order chi connectivity index (χ0) is 8.13. The highest BCUT2D eigenvalue weighted by molar-refractivity contribution is 5.93. The minimum atomic E-state index is 0.355. The normalized spacial score (nSPS) is 43.2. The van der Waals surface area contributed by atoms with E-state index >= 15 is 0 Å². The maximum absolute atomic E-state index is 11.5. The average Bonchev–Trinajstić information content (AvgIpc) is 2.31. The first kappa shape index (κ1) is 6.64. The lowest BCUT2D eigenvalue weighted by atomic mass is 9.72. The van der Waals surface area contributed by atoms with Gasteiger partial charge in [0.15, 0.2) is 5.78 Å². The average molecular weight is 160 g/mol. The lowest BCUT2D eigenvalue weighted by Crippen LogP contribution is -2.27. The Bertz CT molecular complexity index is 298. The van der Waals surface area contributed by atoms with Crippen molar-refractivity contribution in [3.05, 3.63) is 23.8 Å². The van der Waals surface area contributed by atoms with Crippen LogP contribution in [-0.4, -0.2) is 5.78 Å². The van der Waals surface area contributed by atoms with E-state index in [0.717, 1.165) is 18.8 Å². The minimum absolute atomic E-state index is 0.355. The molecule has 0 unspecified atom stereocenters. The molecule has 62 valence electrons. The van der Waals surface area contributed by atoms with Crippen LogP contribution >= 0.6 is 0 Å². The van der Waals surface area contributed by atoms with Crippen molar-refractivity contribution < 1.29 is 4.79 Å². The fraction of sp³-hybridized carbons (Fsp3) is 0.545. The molecule has 1 saturated carbocycles. The predicted molar refractivity (Wildman–Crippen MR) is 46.6 cm³/mol. The Hall–Kier alpha value is -0.850. The van der Waals surface area contributed by atoms with E-state index in [2.05, 4.69) is 6.08 Å². The SMILES string of the molecule is O=C1C=CCC2=C[C@H]3CC[C@@H]1[C@@H]23. The lowest BCUT2D eigenvalue weighted by molar-refractivity contribution is -0.119. The molecule has 0 aromatic rings. The molecule has 0 bridgehead atoms. The Kier molecular flexibility index (Phi) is 1.16. The van der Waals surface area contributed by atoms with E-state index in [1.165, 1.54) is 12.0 Å². The Morgan fingerprint density at radius 3 is 3.17 bits per heavy atom. The van der Waals surface area contributed by atoms with Crippen LogP contribution in [0.15, 0.2) is 23.8 Å². The van der Waals surface area contributed by atoms with Gasteiger partial charge in [-0.3, -0.25) is 4.79 Å². The summed E-state index contributed by atoms with van der Waals surface area (Å²) in [5.74, 6) is 2.14. The zero-order valence-corrected chi connectivity index (χ0v) is 6.99. The summed E-state index contributed by atoms with van der Waals surface area (Å²) in [5.41, 5.74) is 1.53. The van der Waals surface area contributed by atoms with Crippen LogP contribution in [0.25, 0.3) is 0 Å². The lowest BCUT2D eigenvalue weighted by Gasteiger charge is -2.32. The molecule has 0 aromatic heterocycles. The van der Waals surface area contributed by atoms with Crippen molar-refractivity contribution in [3.8, 4) is 0 Å². The van der Waals surface area contributed by atoms with Gasteiger partial charge in [-0.25, -0.2) is 0 Å². The minimum Gasteiger partial charge on any atom is -0.295 e. The molecule has 0 saturated heterocycles. The standard InChI is InChI=1S/C11H12O/c12-10-3-1-2-7-6-8-4-5-9(10)11(7)8/h1,3,6,8-9,11H,2,4-5H2/t8-,9+,11+/m1/s1. The number of hydrogen-bond donors (Lipinski definition) is 0. The molecule has 0 aliphatic heterocycles. The van der Waals surface area contributed by atoms with Crippen LogP contribution in [0, 0.1) is 17.8 Å². The van der Waals surface area contributed by atoms with Gasteiger partial charge >= 0.3 is 0 Å². The van der Waals surface area contributed by atoms with E-state index < -0.39 is 0 Å². The van der Waals surface area contributed by atoms with E-state index in [1.807, 2.05) is 6.08 Å². The van der Waals surface area contributed by atoms with Crippen LogP contribution in [0.5, 0.6) is 0 Å². The Morgan fingerprint density at radius 1 is 1.33 bits per heavy atom. The number of rotatable bonds is 0. The first-order valence-electron chi connectivity index (χ1n) is 4.77. The third kappa shape index (κ3) is 0.669. The third-order valence-electron chi connectivity index (χ3n) is 3.56. The van der Waals surface area contributed by atoms with Crippen LogP contribution in [0.2, 0.25) is 0 Å². The van der Waals surface area contributed by atoms with Crippen molar-refractivity contribution in [2.24, 2.45) is 17.8 Å². The van der Waals surface area contributed by atoms with Gasteiger partial charge < -0.3 is 0 Å². The van der Waals surface area contributed by atoms with Crippen molar-refractivity contribution in [1.82, 2.24) is 0 Å². The van der Waals surface area contributed by atoms with Gasteiger partial charge in [-0.15, -0.1) is 0 Å². The zero-order valence-electron chi connectivity index (χ0n) is 6.99.